The van der Waals surface area contributed by atoms with Crippen LogP contribution in [0.5, 0.6) is 0 Å². The number of nitrogens with zero attached hydrogens (tertiary/aromatic N) is 1. The van der Waals surface area contributed by atoms with Gasteiger partial charge in [-0.05, 0) is 33.6 Å². The Kier molecular flexibility index (Phi) is 3.93. The van der Waals surface area contributed by atoms with Crippen LogP contribution in [0.3, 0.4) is 0 Å². The summed E-state index contributed by atoms with van der Waals surface area (Å²) in [7, 11) is 0. The maximum Gasteiger partial charge on any atom is 0.0641 e. The first-order chi connectivity index (χ1) is 6.56. The lowest BCUT2D eigenvalue weighted by atomic mass is 10.0. The molecule has 74 valence electrons. The van der Waals surface area contributed by atoms with E-state index in [1.165, 1.54) is 0 Å². The van der Waals surface area contributed by atoms with Gasteiger partial charge in [-0.25, -0.2) is 0 Å². The molecule has 0 saturated heterocycles. The normalized spacial score (nSPS) is 12.1. The van der Waals surface area contributed by atoms with Crippen molar-refractivity contribution in [3.63, 3.8) is 0 Å². The predicted octanol–water partition coefficient (Wildman–Crippen LogP) is 2.71. The van der Waals surface area contributed by atoms with Crippen LogP contribution < -0.4 is 11.5 Å². The van der Waals surface area contributed by atoms with Crippen molar-refractivity contribution in [1.82, 2.24) is 0 Å². The van der Waals surface area contributed by atoms with Gasteiger partial charge in [0.2, 0.25) is 0 Å². The van der Waals surface area contributed by atoms with Gasteiger partial charge in [0.25, 0.3) is 0 Å². The summed E-state index contributed by atoms with van der Waals surface area (Å²) in [5, 5.41) is 8.53. The molecule has 14 heavy (non-hydrogen) atoms. The first kappa shape index (κ1) is 11.5. The third-order valence-electron chi connectivity index (χ3n) is 1.84. The van der Waals surface area contributed by atoms with Crippen molar-refractivity contribution in [2.75, 3.05) is 5.73 Å². The summed E-state index contributed by atoms with van der Waals surface area (Å²) < 4.78 is 1.68. The SMILES string of the molecule is N#CCC(N)c1cc(Br)cc(Br)c1N. The van der Waals surface area contributed by atoms with Gasteiger partial charge in [0.15, 0.2) is 0 Å². The number of hydrogen-bond acceptors (Lipinski definition) is 3. The molecular weight excluding hydrogens is 310 g/mol. The molecule has 0 aliphatic heterocycles. The highest BCUT2D eigenvalue weighted by atomic mass is 79.9. The van der Waals surface area contributed by atoms with Crippen LogP contribution in [0, 0.1) is 11.3 Å². The Morgan fingerprint density at radius 1 is 1.43 bits per heavy atom. The maximum atomic E-state index is 8.53. The van der Waals surface area contributed by atoms with Crippen LogP contribution in [-0.2, 0) is 0 Å². The average Bonchev–Trinajstić information content (AvgIpc) is 2.11. The van der Waals surface area contributed by atoms with E-state index in [0.717, 1.165) is 14.5 Å². The molecule has 0 heterocycles. The summed E-state index contributed by atoms with van der Waals surface area (Å²) >= 11 is 6.67. The number of nitrogen functional groups attached to an aromatic ring is 1. The Balaban J connectivity index is 3.14. The standard InChI is InChI=1S/C9H9Br2N3/c10-5-3-6(8(13)1-2-12)9(14)7(11)4-5/h3-4,8H,1,13-14H2. The van der Waals surface area contributed by atoms with E-state index < -0.39 is 0 Å². The van der Waals surface area contributed by atoms with E-state index in [4.69, 9.17) is 16.7 Å². The smallest absolute Gasteiger partial charge is 0.0641 e. The molecule has 5 heteroatoms. The van der Waals surface area contributed by atoms with Gasteiger partial charge in [-0.15, -0.1) is 0 Å². The van der Waals surface area contributed by atoms with Crippen molar-refractivity contribution < 1.29 is 0 Å². The summed E-state index contributed by atoms with van der Waals surface area (Å²) in [6, 6.07) is 5.36. The highest BCUT2D eigenvalue weighted by Gasteiger charge is 2.12. The molecule has 0 amide bonds. The number of halogens is 2. The lowest BCUT2D eigenvalue weighted by Crippen LogP contribution is -2.12. The highest BCUT2D eigenvalue weighted by Crippen LogP contribution is 2.31. The fraction of sp³-hybridized carbons (Fsp3) is 0.222. The van der Waals surface area contributed by atoms with Crippen molar-refractivity contribution in [1.29, 1.82) is 5.26 Å². The quantitative estimate of drug-likeness (QED) is 0.823. The zero-order valence-corrected chi connectivity index (χ0v) is 10.5. The molecule has 1 aromatic carbocycles. The second kappa shape index (κ2) is 4.78. The summed E-state index contributed by atoms with van der Waals surface area (Å²) in [4.78, 5) is 0. The number of anilines is 1. The Hall–Kier alpha value is -0.570. The van der Waals surface area contributed by atoms with Crippen LogP contribution in [0.15, 0.2) is 21.1 Å². The van der Waals surface area contributed by atoms with Crippen LogP contribution >= 0.6 is 31.9 Å². The molecule has 0 radical (unpaired) electrons. The van der Waals surface area contributed by atoms with E-state index in [2.05, 4.69) is 31.9 Å². The Labute approximate surface area is 99.3 Å². The van der Waals surface area contributed by atoms with Crippen LogP contribution in [0.25, 0.3) is 0 Å². The highest BCUT2D eigenvalue weighted by molar-refractivity contribution is 9.11. The minimum atomic E-state index is -0.339. The molecular formula is C9H9Br2N3. The molecule has 0 aromatic heterocycles. The van der Waals surface area contributed by atoms with E-state index in [0.29, 0.717) is 5.69 Å². The number of rotatable bonds is 2. The zero-order chi connectivity index (χ0) is 10.7. The van der Waals surface area contributed by atoms with E-state index in [1.54, 1.807) is 0 Å². The monoisotopic (exact) mass is 317 g/mol. The van der Waals surface area contributed by atoms with Crippen molar-refractivity contribution in [3.8, 4) is 6.07 Å². The van der Waals surface area contributed by atoms with E-state index >= 15 is 0 Å². The lowest BCUT2D eigenvalue weighted by molar-refractivity contribution is 0.750. The van der Waals surface area contributed by atoms with E-state index in [-0.39, 0.29) is 12.5 Å². The predicted molar refractivity (Wildman–Crippen MR) is 63.4 cm³/mol. The third-order valence-corrected chi connectivity index (χ3v) is 2.95. The second-order valence-corrected chi connectivity index (χ2v) is 4.63. The van der Waals surface area contributed by atoms with Gasteiger partial charge in [0.1, 0.15) is 0 Å². The van der Waals surface area contributed by atoms with Crippen LogP contribution in [-0.4, -0.2) is 0 Å². The Morgan fingerprint density at radius 2 is 2.07 bits per heavy atom. The van der Waals surface area contributed by atoms with E-state index in [9.17, 15) is 0 Å². The molecule has 0 spiro atoms. The molecule has 0 fully saturated rings. The molecule has 3 nitrogen and oxygen atoms in total. The molecule has 4 N–H and O–H groups in total. The van der Waals surface area contributed by atoms with Crippen molar-refractivity contribution in [2.45, 2.75) is 12.5 Å². The van der Waals surface area contributed by atoms with Crippen molar-refractivity contribution in [3.05, 3.63) is 26.6 Å². The lowest BCUT2D eigenvalue weighted by Gasteiger charge is -2.13. The largest absolute Gasteiger partial charge is 0.398 e. The van der Waals surface area contributed by atoms with Crippen molar-refractivity contribution in [2.24, 2.45) is 5.73 Å². The molecule has 1 atom stereocenters. The fourth-order valence-electron chi connectivity index (χ4n) is 1.12. The minimum Gasteiger partial charge on any atom is -0.398 e. The van der Waals surface area contributed by atoms with Gasteiger partial charge in [-0.1, -0.05) is 15.9 Å². The van der Waals surface area contributed by atoms with Crippen LogP contribution in [0.2, 0.25) is 0 Å². The molecule has 0 aliphatic rings. The second-order valence-electron chi connectivity index (χ2n) is 2.86. The molecule has 1 aromatic rings. The van der Waals surface area contributed by atoms with E-state index in [1.807, 2.05) is 18.2 Å². The first-order valence-corrected chi connectivity index (χ1v) is 5.51. The molecule has 1 rings (SSSR count). The summed E-state index contributed by atoms with van der Waals surface area (Å²) in [5.74, 6) is 0. The topological polar surface area (TPSA) is 75.8 Å². The Bertz CT molecular complexity index is 384. The van der Waals surface area contributed by atoms with Gasteiger partial charge in [-0.2, -0.15) is 5.26 Å². The zero-order valence-electron chi connectivity index (χ0n) is 7.30. The Morgan fingerprint density at radius 3 is 2.64 bits per heavy atom. The first-order valence-electron chi connectivity index (χ1n) is 3.93. The van der Waals surface area contributed by atoms with Crippen molar-refractivity contribution >= 4 is 37.5 Å². The number of benzene rings is 1. The number of nitriles is 1. The van der Waals surface area contributed by atoms with Crippen LogP contribution in [0.1, 0.15) is 18.0 Å². The summed E-state index contributed by atoms with van der Waals surface area (Å²) in [5.41, 5.74) is 13.0. The fourth-order valence-corrected chi connectivity index (χ4v) is 2.38. The molecule has 0 bridgehead atoms. The number of hydrogen-bond donors (Lipinski definition) is 2. The summed E-state index contributed by atoms with van der Waals surface area (Å²) in [6.45, 7) is 0. The molecule has 0 saturated carbocycles. The molecule has 0 aliphatic carbocycles. The summed E-state index contributed by atoms with van der Waals surface area (Å²) in [6.07, 6.45) is 0.257. The third kappa shape index (κ3) is 2.47. The minimum absolute atomic E-state index is 0.257. The van der Waals surface area contributed by atoms with Gasteiger partial charge >= 0.3 is 0 Å². The van der Waals surface area contributed by atoms with Gasteiger partial charge in [-0.3, -0.25) is 0 Å². The molecule has 1 unspecified atom stereocenters. The van der Waals surface area contributed by atoms with Gasteiger partial charge < -0.3 is 11.5 Å². The average molecular weight is 319 g/mol. The van der Waals surface area contributed by atoms with Crippen LogP contribution in [0.4, 0.5) is 5.69 Å². The number of nitrogens with two attached hydrogens (primary N) is 2. The van der Waals surface area contributed by atoms with Gasteiger partial charge in [0, 0.05) is 15.0 Å². The van der Waals surface area contributed by atoms with Gasteiger partial charge in [0.05, 0.1) is 18.2 Å². The maximum absolute atomic E-state index is 8.53.